The number of ether oxygens (including phenoxy) is 1. The fraction of sp³-hybridized carbons (Fsp3) is 0.286. The van der Waals surface area contributed by atoms with E-state index in [1.165, 1.54) is 23.3 Å². The molecule has 1 amide bonds. The minimum atomic E-state index is -0.731. The van der Waals surface area contributed by atoms with Crippen molar-refractivity contribution in [2.24, 2.45) is 0 Å². The molecule has 0 radical (unpaired) electrons. The van der Waals surface area contributed by atoms with Crippen LogP contribution in [0.5, 0.6) is 5.75 Å². The largest absolute Gasteiger partial charge is 0.507 e. The molecule has 1 aliphatic rings. The van der Waals surface area contributed by atoms with Crippen LogP contribution in [-0.2, 0) is 15.0 Å². The molecule has 5 nitrogen and oxygen atoms in total. The molecule has 0 spiro atoms. The summed E-state index contributed by atoms with van der Waals surface area (Å²) in [7, 11) is 1.52. The van der Waals surface area contributed by atoms with Gasteiger partial charge in [0.25, 0.3) is 11.7 Å². The highest BCUT2D eigenvalue weighted by Crippen LogP contribution is 2.45. The Morgan fingerprint density at radius 1 is 1.03 bits per heavy atom. The highest BCUT2D eigenvalue weighted by atomic mass is 32.1. The summed E-state index contributed by atoms with van der Waals surface area (Å²) >= 11 is 1.44. The molecule has 0 bridgehead atoms. The summed E-state index contributed by atoms with van der Waals surface area (Å²) in [6.45, 7) is 10.2. The molecule has 1 atom stereocenters. The molecule has 3 aromatic rings. The van der Waals surface area contributed by atoms with E-state index in [4.69, 9.17) is 4.74 Å². The smallest absolute Gasteiger partial charge is 0.300 e. The van der Waals surface area contributed by atoms with Crippen LogP contribution in [0.3, 0.4) is 0 Å². The number of aliphatic hydroxyl groups excluding tert-OH is 1. The van der Waals surface area contributed by atoms with Gasteiger partial charge in [0.05, 0.1) is 18.2 Å². The lowest BCUT2D eigenvalue weighted by Crippen LogP contribution is -2.29. The molecule has 4 rings (SSSR count). The summed E-state index contributed by atoms with van der Waals surface area (Å²) < 4.78 is 5.52. The van der Waals surface area contributed by atoms with Crippen LogP contribution < -0.4 is 9.64 Å². The van der Waals surface area contributed by atoms with E-state index in [1.807, 2.05) is 61.7 Å². The molecule has 6 heteroatoms. The van der Waals surface area contributed by atoms with Gasteiger partial charge in [0.1, 0.15) is 17.6 Å². The van der Waals surface area contributed by atoms with Gasteiger partial charge in [-0.25, -0.2) is 0 Å². The van der Waals surface area contributed by atoms with Gasteiger partial charge < -0.3 is 9.84 Å². The molecule has 1 aliphatic heterocycles. The predicted octanol–water partition coefficient (Wildman–Crippen LogP) is 6.30. The lowest BCUT2D eigenvalue weighted by Gasteiger charge is -2.25. The third-order valence-corrected chi connectivity index (χ3v) is 7.27. The molecule has 2 heterocycles. The number of rotatable bonds is 4. The highest BCUT2D eigenvalue weighted by Gasteiger charge is 2.47. The normalized spacial score (nSPS) is 17.9. The Kier molecular flexibility index (Phi) is 6.13. The first-order valence-electron chi connectivity index (χ1n) is 11.1. The van der Waals surface area contributed by atoms with Crippen molar-refractivity contribution in [3.05, 3.63) is 86.6 Å². The number of carbonyl (C=O) groups excluding carboxylic acids is 2. The fourth-order valence-corrected chi connectivity index (χ4v) is 5.02. The van der Waals surface area contributed by atoms with Gasteiger partial charge in [0.2, 0.25) is 0 Å². The fourth-order valence-electron chi connectivity index (χ4n) is 4.19. The number of carbonyl (C=O) groups is 2. The summed E-state index contributed by atoms with van der Waals surface area (Å²) in [6.07, 6.45) is 0. The van der Waals surface area contributed by atoms with E-state index >= 15 is 0 Å². The van der Waals surface area contributed by atoms with Crippen molar-refractivity contribution < 1.29 is 19.4 Å². The molecule has 2 aromatic carbocycles. The van der Waals surface area contributed by atoms with E-state index in [-0.39, 0.29) is 16.7 Å². The van der Waals surface area contributed by atoms with Gasteiger partial charge in [-0.3, -0.25) is 14.5 Å². The van der Waals surface area contributed by atoms with Gasteiger partial charge in [0.15, 0.2) is 0 Å². The molecule has 1 fully saturated rings. The van der Waals surface area contributed by atoms with Gasteiger partial charge in [-0.05, 0) is 71.7 Å². The Morgan fingerprint density at radius 2 is 1.76 bits per heavy atom. The van der Waals surface area contributed by atoms with Crippen molar-refractivity contribution in [3.63, 3.8) is 0 Å². The second kappa shape index (κ2) is 8.76. The maximum Gasteiger partial charge on any atom is 0.300 e. The number of methoxy groups -OCH3 is 1. The van der Waals surface area contributed by atoms with Crippen LogP contribution in [0, 0.1) is 13.8 Å². The van der Waals surface area contributed by atoms with E-state index in [1.54, 1.807) is 6.07 Å². The van der Waals surface area contributed by atoms with Crippen molar-refractivity contribution in [3.8, 4) is 5.75 Å². The molecule has 1 unspecified atom stereocenters. The number of hydrogen-bond donors (Lipinski definition) is 1. The van der Waals surface area contributed by atoms with Crippen LogP contribution in [0.15, 0.2) is 59.5 Å². The second-order valence-corrected chi connectivity index (χ2v) is 10.6. The molecular weight excluding hydrogens is 446 g/mol. The van der Waals surface area contributed by atoms with E-state index in [9.17, 15) is 14.7 Å². The zero-order valence-corrected chi connectivity index (χ0v) is 21.1. The monoisotopic (exact) mass is 475 g/mol. The Bertz CT molecular complexity index is 1300. The van der Waals surface area contributed by atoms with Crippen LogP contribution in [0.1, 0.15) is 53.9 Å². The van der Waals surface area contributed by atoms with Gasteiger partial charge >= 0.3 is 0 Å². The lowest BCUT2D eigenvalue weighted by atomic mass is 9.85. The molecule has 176 valence electrons. The van der Waals surface area contributed by atoms with Crippen LogP contribution in [0.2, 0.25) is 0 Å². The minimum Gasteiger partial charge on any atom is -0.507 e. The van der Waals surface area contributed by atoms with Crippen LogP contribution >= 0.6 is 11.3 Å². The second-order valence-electron chi connectivity index (χ2n) is 9.62. The maximum atomic E-state index is 13.4. The molecule has 1 aromatic heterocycles. The Hall–Kier alpha value is -3.38. The number of aliphatic hydroxyl groups is 1. The number of hydrogen-bond acceptors (Lipinski definition) is 5. The topological polar surface area (TPSA) is 66.8 Å². The molecule has 0 saturated carbocycles. The quantitative estimate of drug-likeness (QED) is 0.273. The molecule has 0 aliphatic carbocycles. The number of Topliss-reactive ketones (excluding diaryl/α,β-unsaturated/α-hetero) is 1. The van der Waals surface area contributed by atoms with Gasteiger partial charge in [-0.1, -0.05) is 39.0 Å². The van der Waals surface area contributed by atoms with E-state index in [0.29, 0.717) is 17.0 Å². The molecule has 1 N–H and O–H groups in total. The van der Waals surface area contributed by atoms with Crippen molar-refractivity contribution in [2.45, 2.75) is 46.1 Å². The number of amides is 1. The number of anilines is 1. The molecule has 34 heavy (non-hydrogen) atoms. The molecule has 1 saturated heterocycles. The zero-order valence-electron chi connectivity index (χ0n) is 20.3. The van der Waals surface area contributed by atoms with E-state index in [0.717, 1.165) is 21.6 Å². The third kappa shape index (κ3) is 4.03. The Morgan fingerprint density at radius 3 is 2.35 bits per heavy atom. The van der Waals surface area contributed by atoms with Crippen molar-refractivity contribution in [1.82, 2.24) is 0 Å². The molecular formula is C28H29NO4S. The third-order valence-electron chi connectivity index (χ3n) is 6.35. The standard InChI is InChI=1S/C28H29NO4S/c1-16-9-11-19(14-17(16)2)29-24(22-8-7-13-34-22)23(26(31)27(29)32)25(30)20-15-18(28(3,4)5)10-12-21(20)33-6/h7-15,24,30H,1-6H3/b25-23+. The first kappa shape index (κ1) is 23.8. The number of benzene rings is 2. The number of thiophene rings is 1. The maximum absolute atomic E-state index is 13.4. The average Bonchev–Trinajstić information content (AvgIpc) is 3.41. The van der Waals surface area contributed by atoms with Crippen LogP contribution in [0.4, 0.5) is 5.69 Å². The number of ketones is 1. The number of aryl methyl sites for hydroxylation is 2. The van der Waals surface area contributed by atoms with Crippen molar-refractivity contribution in [2.75, 3.05) is 12.0 Å². The van der Waals surface area contributed by atoms with Crippen LogP contribution in [-0.4, -0.2) is 23.9 Å². The zero-order chi connectivity index (χ0) is 24.8. The van der Waals surface area contributed by atoms with Crippen molar-refractivity contribution >= 4 is 34.5 Å². The first-order valence-corrected chi connectivity index (χ1v) is 12.0. The van der Waals surface area contributed by atoms with Gasteiger partial charge in [-0.15, -0.1) is 11.3 Å². The Balaban J connectivity index is 1.97. The summed E-state index contributed by atoms with van der Waals surface area (Å²) in [5, 5.41) is 13.4. The number of nitrogens with zero attached hydrogens (tertiary/aromatic N) is 1. The summed E-state index contributed by atoms with van der Waals surface area (Å²) in [5.74, 6) is -1.16. The average molecular weight is 476 g/mol. The summed E-state index contributed by atoms with van der Waals surface area (Å²) in [6, 6.07) is 14.3. The van der Waals surface area contributed by atoms with Crippen molar-refractivity contribution in [1.29, 1.82) is 0 Å². The first-order chi connectivity index (χ1) is 16.0. The predicted molar refractivity (Wildman–Crippen MR) is 137 cm³/mol. The SMILES string of the molecule is COc1ccc(C(C)(C)C)cc1/C(O)=C1\C(=O)C(=O)N(c2ccc(C)c(C)c2)C1c1cccs1. The van der Waals surface area contributed by atoms with E-state index in [2.05, 4.69) is 20.8 Å². The van der Waals surface area contributed by atoms with Crippen LogP contribution in [0.25, 0.3) is 5.76 Å². The Labute approximate surface area is 204 Å². The minimum absolute atomic E-state index is 0.0648. The lowest BCUT2D eigenvalue weighted by molar-refractivity contribution is -0.132. The van der Waals surface area contributed by atoms with E-state index < -0.39 is 17.7 Å². The summed E-state index contributed by atoms with van der Waals surface area (Å²) in [5.41, 5.74) is 3.99. The highest BCUT2D eigenvalue weighted by molar-refractivity contribution is 7.10. The van der Waals surface area contributed by atoms with Gasteiger partial charge in [-0.2, -0.15) is 0 Å². The summed E-state index contributed by atoms with van der Waals surface area (Å²) in [4.78, 5) is 29.0. The van der Waals surface area contributed by atoms with Gasteiger partial charge in [0, 0.05) is 10.6 Å².